The molecule has 1 aromatic heterocycles. The van der Waals surface area contributed by atoms with E-state index in [0.717, 1.165) is 12.2 Å². The molecule has 4 rings (SSSR count). The number of amides is 1. The van der Waals surface area contributed by atoms with Gasteiger partial charge in [0.05, 0.1) is 11.7 Å². The molecule has 1 amide bonds. The number of β-lactam (4-membered cyclic amide) rings is 1. The Hall–Kier alpha value is -2.47. The predicted molar refractivity (Wildman–Crippen MR) is 78.5 cm³/mol. The van der Waals surface area contributed by atoms with E-state index in [9.17, 15) is 14.7 Å². The molecule has 0 saturated carbocycles. The molecule has 0 bridgehead atoms. The van der Waals surface area contributed by atoms with Crippen molar-refractivity contribution in [3.63, 3.8) is 0 Å². The second kappa shape index (κ2) is 4.78. The van der Waals surface area contributed by atoms with Gasteiger partial charge in [-0.1, -0.05) is 12.1 Å². The van der Waals surface area contributed by atoms with E-state index >= 15 is 0 Å². The highest BCUT2D eigenvalue weighted by Crippen LogP contribution is 2.43. The van der Waals surface area contributed by atoms with E-state index in [1.165, 1.54) is 4.90 Å². The fourth-order valence-electron chi connectivity index (χ4n) is 3.63. The van der Waals surface area contributed by atoms with Crippen molar-refractivity contribution < 1.29 is 14.7 Å². The number of allylic oxidation sites excluding steroid dienone is 2. The highest BCUT2D eigenvalue weighted by molar-refractivity contribution is 6.01. The Kier molecular flexibility index (Phi) is 2.87. The third-order valence-electron chi connectivity index (χ3n) is 4.60. The zero-order valence-electron chi connectivity index (χ0n) is 11.8. The SMILES string of the molecule is O=C(O)C1=C(/C=C/c2ccccn2)CC2CNC3C(=O)N1[C@H]23. The summed E-state index contributed by atoms with van der Waals surface area (Å²) in [5.41, 5.74) is 1.58. The summed E-state index contributed by atoms with van der Waals surface area (Å²) in [6.07, 6.45) is 5.93. The number of nitrogens with zero attached hydrogens (tertiary/aromatic N) is 2. The van der Waals surface area contributed by atoms with Crippen molar-refractivity contribution in [1.82, 2.24) is 15.2 Å². The van der Waals surface area contributed by atoms with Crippen LogP contribution in [0.15, 0.2) is 41.7 Å². The van der Waals surface area contributed by atoms with Crippen LogP contribution in [0.25, 0.3) is 6.08 Å². The van der Waals surface area contributed by atoms with Crippen LogP contribution in [0.2, 0.25) is 0 Å². The lowest BCUT2D eigenvalue weighted by atomic mass is 9.79. The predicted octanol–water partition coefficient (Wildman–Crippen LogP) is 0.636. The third-order valence-corrected chi connectivity index (χ3v) is 4.60. The van der Waals surface area contributed by atoms with Gasteiger partial charge in [0.15, 0.2) is 0 Å². The first-order valence-corrected chi connectivity index (χ1v) is 7.29. The van der Waals surface area contributed by atoms with Gasteiger partial charge in [0.1, 0.15) is 11.7 Å². The van der Waals surface area contributed by atoms with Crippen LogP contribution >= 0.6 is 0 Å². The van der Waals surface area contributed by atoms with Crippen molar-refractivity contribution in [3.05, 3.63) is 47.4 Å². The molecule has 0 spiro atoms. The van der Waals surface area contributed by atoms with E-state index in [2.05, 4.69) is 10.3 Å². The van der Waals surface area contributed by atoms with Gasteiger partial charge in [-0.05, 0) is 36.1 Å². The zero-order chi connectivity index (χ0) is 15.3. The zero-order valence-corrected chi connectivity index (χ0v) is 11.8. The van der Waals surface area contributed by atoms with Crippen LogP contribution in [0.1, 0.15) is 12.1 Å². The molecule has 2 N–H and O–H groups in total. The normalized spacial score (nSPS) is 29.7. The number of carboxylic acids is 1. The van der Waals surface area contributed by atoms with Crippen molar-refractivity contribution in [2.24, 2.45) is 5.92 Å². The molecule has 22 heavy (non-hydrogen) atoms. The molecule has 6 nitrogen and oxygen atoms in total. The molecule has 3 aliphatic rings. The lowest BCUT2D eigenvalue weighted by molar-refractivity contribution is -0.153. The number of aromatic nitrogens is 1. The van der Waals surface area contributed by atoms with Crippen LogP contribution in [0, 0.1) is 5.92 Å². The van der Waals surface area contributed by atoms with Crippen LogP contribution in [-0.4, -0.2) is 45.5 Å². The lowest BCUT2D eigenvalue weighted by Crippen LogP contribution is -2.68. The summed E-state index contributed by atoms with van der Waals surface area (Å²) < 4.78 is 0. The van der Waals surface area contributed by atoms with Crippen molar-refractivity contribution in [2.75, 3.05) is 6.54 Å². The molecule has 0 aliphatic carbocycles. The molecule has 2 fully saturated rings. The number of pyridine rings is 1. The second-order valence-corrected chi connectivity index (χ2v) is 5.82. The van der Waals surface area contributed by atoms with Gasteiger partial charge < -0.3 is 10.4 Å². The van der Waals surface area contributed by atoms with E-state index in [0.29, 0.717) is 12.0 Å². The monoisotopic (exact) mass is 297 g/mol. The number of nitrogens with one attached hydrogen (secondary N) is 1. The van der Waals surface area contributed by atoms with Gasteiger partial charge in [0.25, 0.3) is 0 Å². The summed E-state index contributed by atoms with van der Waals surface area (Å²) in [5.74, 6) is -0.889. The lowest BCUT2D eigenvalue weighted by Gasteiger charge is -2.48. The maximum absolute atomic E-state index is 12.1. The molecular weight excluding hydrogens is 282 g/mol. The molecule has 1 aromatic rings. The van der Waals surface area contributed by atoms with Crippen LogP contribution in [0.3, 0.4) is 0 Å². The fraction of sp³-hybridized carbons (Fsp3) is 0.312. The van der Waals surface area contributed by atoms with Crippen LogP contribution in [-0.2, 0) is 9.59 Å². The minimum absolute atomic E-state index is 0.00519. The summed E-state index contributed by atoms with van der Waals surface area (Å²) >= 11 is 0. The van der Waals surface area contributed by atoms with Gasteiger partial charge in [-0.15, -0.1) is 0 Å². The van der Waals surface area contributed by atoms with E-state index in [-0.39, 0.29) is 29.6 Å². The summed E-state index contributed by atoms with van der Waals surface area (Å²) in [5, 5.41) is 12.7. The maximum Gasteiger partial charge on any atom is 0.352 e. The smallest absolute Gasteiger partial charge is 0.352 e. The number of carbonyl (C=O) groups excluding carboxylic acids is 1. The van der Waals surface area contributed by atoms with Crippen molar-refractivity contribution >= 4 is 18.0 Å². The topological polar surface area (TPSA) is 82.5 Å². The Bertz CT molecular complexity index is 711. The molecule has 0 radical (unpaired) electrons. The van der Waals surface area contributed by atoms with Crippen molar-refractivity contribution in [1.29, 1.82) is 0 Å². The van der Waals surface area contributed by atoms with Crippen LogP contribution < -0.4 is 5.32 Å². The number of carbonyl (C=O) groups is 2. The number of hydrogen-bond acceptors (Lipinski definition) is 4. The molecule has 4 heterocycles. The maximum atomic E-state index is 12.1. The molecule has 0 aromatic carbocycles. The Morgan fingerprint density at radius 1 is 1.41 bits per heavy atom. The van der Waals surface area contributed by atoms with Gasteiger partial charge >= 0.3 is 5.97 Å². The van der Waals surface area contributed by atoms with Gasteiger partial charge in [-0.25, -0.2) is 4.79 Å². The van der Waals surface area contributed by atoms with E-state index in [4.69, 9.17) is 0 Å². The quantitative estimate of drug-likeness (QED) is 0.800. The number of rotatable bonds is 3. The Labute approximate surface area is 127 Å². The second-order valence-electron chi connectivity index (χ2n) is 5.82. The fourth-order valence-corrected chi connectivity index (χ4v) is 3.63. The first kappa shape index (κ1) is 13.2. The van der Waals surface area contributed by atoms with Crippen molar-refractivity contribution in [2.45, 2.75) is 18.5 Å². The molecule has 2 unspecified atom stereocenters. The van der Waals surface area contributed by atoms with Crippen LogP contribution in [0.5, 0.6) is 0 Å². The van der Waals surface area contributed by atoms with Gasteiger partial charge in [0, 0.05) is 12.7 Å². The Morgan fingerprint density at radius 2 is 2.27 bits per heavy atom. The first-order valence-electron chi connectivity index (χ1n) is 7.29. The minimum Gasteiger partial charge on any atom is -0.477 e. The van der Waals surface area contributed by atoms with E-state index in [1.807, 2.05) is 18.2 Å². The summed E-state index contributed by atoms with van der Waals surface area (Å²) in [4.78, 5) is 29.4. The van der Waals surface area contributed by atoms with Crippen LogP contribution in [0.4, 0.5) is 0 Å². The molecule has 3 atom stereocenters. The average molecular weight is 297 g/mol. The largest absolute Gasteiger partial charge is 0.477 e. The Balaban J connectivity index is 1.72. The highest BCUT2D eigenvalue weighted by Gasteiger charge is 2.59. The van der Waals surface area contributed by atoms with E-state index in [1.54, 1.807) is 18.3 Å². The highest BCUT2D eigenvalue weighted by atomic mass is 16.4. The first-order chi connectivity index (χ1) is 10.7. The van der Waals surface area contributed by atoms with E-state index < -0.39 is 5.97 Å². The third kappa shape index (κ3) is 1.80. The average Bonchev–Trinajstić information content (AvgIpc) is 2.93. The minimum atomic E-state index is -1.04. The molecule has 112 valence electrons. The number of aliphatic carboxylic acids is 1. The van der Waals surface area contributed by atoms with Gasteiger partial charge in [-0.3, -0.25) is 14.7 Å². The molecule has 6 heteroatoms. The van der Waals surface area contributed by atoms with Gasteiger partial charge in [-0.2, -0.15) is 0 Å². The summed E-state index contributed by atoms with van der Waals surface area (Å²) in [7, 11) is 0. The standard InChI is InChI=1S/C16H15N3O3/c20-15-12-13-10(8-18-12)7-9(14(16(21)22)19(13)15)4-5-11-3-1-2-6-17-11/h1-6,10,12-13,18H,7-8H2,(H,21,22)/b5-4+/t10?,12?,13-/m1/s1. The summed E-state index contributed by atoms with van der Waals surface area (Å²) in [6.45, 7) is 0.755. The summed E-state index contributed by atoms with van der Waals surface area (Å²) in [6, 6.07) is 5.37. The number of hydrogen-bond donors (Lipinski definition) is 2. The number of carboxylic acid groups (broad SMARTS) is 1. The molecular formula is C16H15N3O3. The Morgan fingerprint density at radius 3 is 3.00 bits per heavy atom. The van der Waals surface area contributed by atoms with Gasteiger partial charge in [0.2, 0.25) is 5.91 Å². The molecule has 3 aliphatic heterocycles. The molecule has 2 saturated heterocycles. The van der Waals surface area contributed by atoms with Crippen molar-refractivity contribution in [3.8, 4) is 0 Å².